The van der Waals surface area contributed by atoms with Gasteiger partial charge in [-0.15, -0.1) is 0 Å². The largest absolute Gasteiger partial charge is 0.284 e. The Kier molecular flexibility index (Phi) is 4.87. The third kappa shape index (κ3) is 5.01. The molecule has 0 radical (unpaired) electrons. The highest BCUT2D eigenvalue weighted by atomic mass is 79.9. The molecule has 6 nitrogen and oxygen atoms in total. The van der Waals surface area contributed by atoms with Gasteiger partial charge < -0.3 is 0 Å². The van der Waals surface area contributed by atoms with Gasteiger partial charge in [-0.2, -0.15) is 0 Å². The first-order chi connectivity index (χ1) is 8.13. The quantitative estimate of drug-likeness (QED) is 0.765. The molecule has 0 saturated heterocycles. The summed E-state index contributed by atoms with van der Waals surface area (Å²) in [5, 5.41) is 0.165. The molecule has 0 amide bonds. The van der Waals surface area contributed by atoms with Gasteiger partial charge in [-0.25, -0.2) is 16.8 Å². The van der Waals surface area contributed by atoms with Crippen LogP contribution in [0, 0.1) is 0 Å². The molecule has 0 fully saturated rings. The number of halogens is 2. The van der Waals surface area contributed by atoms with Crippen molar-refractivity contribution in [2.75, 3.05) is 20.4 Å². The molecule has 10 heteroatoms. The zero-order valence-corrected chi connectivity index (χ0v) is 13.1. The van der Waals surface area contributed by atoms with Crippen LogP contribution in [0.1, 0.15) is 0 Å². The van der Waals surface area contributed by atoms with Gasteiger partial charge in [0.15, 0.2) is 0 Å². The van der Waals surface area contributed by atoms with Gasteiger partial charge in [0.1, 0.15) is 4.66 Å². The second kappa shape index (κ2) is 5.64. The van der Waals surface area contributed by atoms with Crippen LogP contribution in [0.2, 0.25) is 5.02 Å². The van der Waals surface area contributed by atoms with Gasteiger partial charge in [-0.3, -0.25) is 9.44 Å². The zero-order chi connectivity index (χ0) is 14.0. The van der Waals surface area contributed by atoms with Crippen molar-refractivity contribution in [3.05, 3.63) is 23.2 Å². The summed E-state index contributed by atoms with van der Waals surface area (Å²) >= 11 is 8.63. The lowest BCUT2D eigenvalue weighted by Crippen LogP contribution is -2.14. The fraction of sp³-hybridized carbons (Fsp3) is 0.250. The maximum atomic E-state index is 11.4. The summed E-state index contributed by atoms with van der Waals surface area (Å²) in [4.78, 5) is 0. The van der Waals surface area contributed by atoms with E-state index in [1.54, 1.807) is 0 Å². The molecule has 1 aromatic carbocycles. The summed E-state index contributed by atoms with van der Waals surface area (Å²) in [6.07, 6.45) is 0.990. The molecule has 1 rings (SSSR count). The van der Waals surface area contributed by atoms with E-state index in [2.05, 4.69) is 25.4 Å². The molecule has 1 aromatic rings. The molecule has 0 spiro atoms. The van der Waals surface area contributed by atoms with E-state index in [1.807, 2.05) is 0 Å². The molecule has 0 bridgehead atoms. The minimum absolute atomic E-state index is 0.102. The number of alkyl halides is 1. The van der Waals surface area contributed by atoms with Crippen molar-refractivity contribution >= 4 is 59.0 Å². The normalized spacial score (nSPS) is 12.2. The topological polar surface area (TPSA) is 92.3 Å². The molecule has 0 aliphatic heterocycles. The molecule has 18 heavy (non-hydrogen) atoms. The van der Waals surface area contributed by atoms with Gasteiger partial charge in [-0.1, -0.05) is 27.5 Å². The highest BCUT2D eigenvalue weighted by Gasteiger charge is 2.12. The standard InChI is InChI=1S/C8H10BrClN2O4S2/c1-17(13,14)11-6-2-3-7(10)8(4-6)12-18(15,16)5-9/h2-4,11-12H,5H2,1H3. The Morgan fingerprint density at radius 1 is 1.22 bits per heavy atom. The van der Waals surface area contributed by atoms with Crippen LogP contribution < -0.4 is 9.44 Å². The van der Waals surface area contributed by atoms with Gasteiger partial charge in [0.25, 0.3) is 0 Å². The summed E-state index contributed by atoms with van der Waals surface area (Å²) in [7, 11) is -6.99. The number of rotatable bonds is 5. The number of nitrogens with one attached hydrogen (secondary N) is 2. The number of hydrogen-bond donors (Lipinski definition) is 2. The Balaban J connectivity index is 3.10. The van der Waals surface area contributed by atoms with Crippen molar-refractivity contribution in [3.63, 3.8) is 0 Å². The van der Waals surface area contributed by atoms with Crippen molar-refractivity contribution < 1.29 is 16.8 Å². The SMILES string of the molecule is CS(=O)(=O)Nc1ccc(Cl)c(NS(=O)(=O)CBr)c1. The predicted octanol–water partition coefficient (Wildman–Crippen LogP) is 1.81. The van der Waals surface area contributed by atoms with Crippen molar-refractivity contribution in [1.29, 1.82) is 0 Å². The molecule has 0 atom stereocenters. The van der Waals surface area contributed by atoms with Crippen LogP contribution in [0.15, 0.2) is 18.2 Å². The molecule has 0 aliphatic rings. The van der Waals surface area contributed by atoms with E-state index in [-0.39, 0.29) is 21.1 Å². The highest BCUT2D eigenvalue weighted by molar-refractivity contribution is 9.10. The van der Waals surface area contributed by atoms with Crippen LogP contribution >= 0.6 is 27.5 Å². The molecule has 0 unspecified atom stereocenters. The Labute approximate surface area is 119 Å². The van der Waals surface area contributed by atoms with Crippen LogP contribution in [0.3, 0.4) is 0 Å². The van der Waals surface area contributed by atoms with Crippen molar-refractivity contribution in [2.24, 2.45) is 0 Å². The summed E-state index contributed by atoms with van der Waals surface area (Å²) in [6, 6.07) is 4.11. The first kappa shape index (κ1) is 15.5. The van der Waals surface area contributed by atoms with E-state index >= 15 is 0 Å². The molecular formula is C8H10BrClN2O4S2. The van der Waals surface area contributed by atoms with E-state index < -0.39 is 20.0 Å². The number of benzene rings is 1. The molecule has 0 heterocycles. The van der Waals surface area contributed by atoms with E-state index in [4.69, 9.17) is 11.6 Å². The third-order valence-corrected chi connectivity index (χ3v) is 5.24. The summed E-state index contributed by atoms with van der Waals surface area (Å²) in [5.74, 6) is 0. The van der Waals surface area contributed by atoms with Crippen molar-refractivity contribution in [3.8, 4) is 0 Å². The average Bonchev–Trinajstić information content (AvgIpc) is 2.21. The maximum absolute atomic E-state index is 11.4. The lowest BCUT2D eigenvalue weighted by atomic mass is 10.3. The Morgan fingerprint density at radius 2 is 1.83 bits per heavy atom. The second-order valence-electron chi connectivity index (χ2n) is 3.39. The zero-order valence-electron chi connectivity index (χ0n) is 9.14. The Hall–Kier alpha value is -0.510. The fourth-order valence-electron chi connectivity index (χ4n) is 1.08. The van der Waals surface area contributed by atoms with Gasteiger partial charge in [0.05, 0.1) is 22.7 Å². The van der Waals surface area contributed by atoms with Crippen molar-refractivity contribution in [1.82, 2.24) is 0 Å². The Bertz CT molecular complexity index is 645. The molecule has 0 saturated carbocycles. The van der Waals surface area contributed by atoms with Gasteiger partial charge in [-0.05, 0) is 18.2 Å². The summed E-state index contributed by atoms with van der Waals surface area (Å²) in [6.45, 7) is 0. The molecule has 0 aliphatic carbocycles. The minimum Gasteiger partial charge on any atom is -0.284 e. The monoisotopic (exact) mass is 376 g/mol. The molecule has 2 N–H and O–H groups in total. The first-order valence-corrected chi connectivity index (χ1v) is 9.51. The lowest BCUT2D eigenvalue weighted by Gasteiger charge is -2.10. The van der Waals surface area contributed by atoms with Gasteiger partial charge in [0.2, 0.25) is 20.0 Å². The highest BCUT2D eigenvalue weighted by Crippen LogP contribution is 2.27. The minimum atomic E-state index is -3.55. The first-order valence-electron chi connectivity index (χ1n) is 4.47. The van der Waals surface area contributed by atoms with Crippen LogP contribution in [-0.2, 0) is 20.0 Å². The predicted molar refractivity (Wildman–Crippen MR) is 76.3 cm³/mol. The Morgan fingerprint density at radius 3 is 2.33 bits per heavy atom. The van der Waals surface area contributed by atoms with E-state index in [0.29, 0.717) is 0 Å². The summed E-state index contributed by atoms with van der Waals surface area (Å²) < 4.78 is 49.0. The lowest BCUT2D eigenvalue weighted by molar-refractivity contribution is 0.604. The summed E-state index contributed by atoms with van der Waals surface area (Å²) in [5.41, 5.74) is 0.318. The van der Waals surface area contributed by atoms with E-state index in [1.165, 1.54) is 18.2 Å². The average molecular weight is 378 g/mol. The third-order valence-electron chi connectivity index (χ3n) is 1.68. The van der Waals surface area contributed by atoms with E-state index in [0.717, 1.165) is 6.26 Å². The number of hydrogen-bond acceptors (Lipinski definition) is 4. The number of sulfonamides is 2. The molecular weight excluding hydrogens is 368 g/mol. The van der Waals surface area contributed by atoms with Gasteiger partial charge >= 0.3 is 0 Å². The van der Waals surface area contributed by atoms with E-state index in [9.17, 15) is 16.8 Å². The molecule has 0 aromatic heterocycles. The van der Waals surface area contributed by atoms with Crippen LogP contribution in [-0.4, -0.2) is 27.8 Å². The van der Waals surface area contributed by atoms with Crippen LogP contribution in [0.4, 0.5) is 11.4 Å². The van der Waals surface area contributed by atoms with Crippen LogP contribution in [0.25, 0.3) is 0 Å². The van der Waals surface area contributed by atoms with Crippen molar-refractivity contribution in [2.45, 2.75) is 0 Å². The smallest absolute Gasteiger partial charge is 0.242 e. The number of anilines is 2. The maximum Gasteiger partial charge on any atom is 0.242 e. The van der Waals surface area contributed by atoms with Gasteiger partial charge in [0, 0.05) is 0 Å². The van der Waals surface area contributed by atoms with Crippen LogP contribution in [0.5, 0.6) is 0 Å². The second-order valence-corrected chi connectivity index (χ2v) is 8.58. The fourth-order valence-corrected chi connectivity index (χ4v) is 2.75. The molecule has 102 valence electrons.